The highest BCUT2D eigenvalue weighted by molar-refractivity contribution is 7.07. The number of aromatic nitrogens is 2. The van der Waals surface area contributed by atoms with Crippen molar-refractivity contribution in [3.8, 4) is 5.75 Å². The second kappa shape index (κ2) is 9.33. The molecule has 0 atom stereocenters. The van der Waals surface area contributed by atoms with Crippen LogP contribution in [0.4, 0.5) is 0 Å². The lowest BCUT2D eigenvalue weighted by Crippen LogP contribution is -2.17. The number of carbonyl (C=O) groups is 2. The van der Waals surface area contributed by atoms with Crippen molar-refractivity contribution in [2.75, 3.05) is 0 Å². The molecule has 1 aromatic heterocycles. The van der Waals surface area contributed by atoms with Crippen LogP contribution in [0.15, 0.2) is 65.8 Å². The van der Waals surface area contributed by atoms with Crippen LogP contribution in [0.2, 0.25) is 0 Å². The number of nitrogens with one attached hydrogen (secondary N) is 1. The van der Waals surface area contributed by atoms with Crippen LogP contribution in [0.5, 0.6) is 5.75 Å². The third-order valence-corrected chi connectivity index (χ3v) is 4.37. The lowest BCUT2D eigenvalue weighted by atomic mass is 10.2. The summed E-state index contributed by atoms with van der Waals surface area (Å²) in [5.41, 5.74) is 4.63. The zero-order valence-electron chi connectivity index (χ0n) is 14.9. The summed E-state index contributed by atoms with van der Waals surface area (Å²) in [6, 6.07) is 16.2. The molecule has 2 aromatic carbocycles. The van der Waals surface area contributed by atoms with E-state index in [0.29, 0.717) is 16.3 Å². The average molecular weight is 392 g/mol. The number of carbonyl (C=O) groups excluding carboxylic acids is 2. The Morgan fingerprint density at radius 2 is 1.82 bits per heavy atom. The van der Waals surface area contributed by atoms with Crippen LogP contribution in [0.3, 0.4) is 0 Å². The highest BCUT2D eigenvalue weighted by Crippen LogP contribution is 2.12. The van der Waals surface area contributed by atoms with Crippen LogP contribution in [0.1, 0.15) is 26.5 Å². The first-order valence-corrected chi connectivity index (χ1v) is 9.06. The van der Waals surface area contributed by atoms with Gasteiger partial charge in [0.05, 0.1) is 11.9 Å². The number of hydrazone groups is 1. The smallest absolute Gasteiger partial charge is 0.336 e. The molecule has 140 valence electrons. The van der Waals surface area contributed by atoms with Crippen molar-refractivity contribution in [3.05, 3.63) is 82.4 Å². The molecule has 0 saturated heterocycles. The molecular formula is C20H16N4O3S. The SMILES string of the molecule is Cc1nnsc1C(=O)N/N=C\c1ccc(OC(=O)/C=C/c2ccccc2)cc1. The maximum absolute atomic E-state index is 11.9. The molecule has 7 nitrogen and oxygen atoms in total. The largest absolute Gasteiger partial charge is 0.423 e. The summed E-state index contributed by atoms with van der Waals surface area (Å²) in [6.07, 6.45) is 4.55. The van der Waals surface area contributed by atoms with Gasteiger partial charge < -0.3 is 4.74 Å². The predicted molar refractivity (Wildman–Crippen MR) is 107 cm³/mol. The van der Waals surface area contributed by atoms with Crippen molar-refractivity contribution >= 4 is 35.7 Å². The standard InChI is InChI=1S/C20H16N4O3S/c1-14-19(28-24-22-14)20(26)23-21-13-16-7-10-17(11-8-16)27-18(25)12-9-15-5-3-2-4-6-15/h2-13H,1H3,(H,23,26)/b12-9+,21-13-. The first-order chi connectivity index (χ1) is 13.6. The summed E-state index contributed by atoms with van der Waals surface area (Å²) in [7, 11) is 0. The fourth-order valence-electron chi connectivity index (χ4n) is 2.16. The van der Waals surface area contributed by atoms with Crippen LogP contribution in [-0.4, -0.2) is 27.7 Å². The molecule has 1 amide bonds. The summed E-state index contributed by atoms with van der Waals surface area (Å²) in [4.78, 5) is 24.2. The average Bonchev–Trinajstić information content (AvgIpc) is 3.14. The third kappa shape index (κ3) is 5.42. The van der Waals surface area contributed by atoms with Gasteiger partial charge in [-0.1, -0.05) is 34.8 Å². The van der Waals surface area contributed by atoms with Crippen molar-refractivity contribution in [1.82, 2.24) is 15.0 Å². The summed E-state index contributed by atoms with van der Waals surface area (Å²) in [6.45, 7) is 1.71. The van der Waals surface area contributed by atoms with E-state index in [1.165, 1.54) is 12.3 Å². The maximum atomic E-state index is 11.9. The Labute approximate surface area is 165 Å². The monoisotopic (exact) mass is 392 g/mol. The van der Waals surface area contributed by atoms with Crippen molar-refractivity contribution in [2.45, 2.75) is 6.92 Å². The molecular weight excluding hydrogens is 376 g/mol. The Kier molecular flexibility index (Phi) is 6.37. The Bertz CT molecular complexity index is 1010. The van der Waals surface area contributed by atoms with E-state index >= 15 is 0 Å². The van der Waals surface area contributed by atoms with Crippen LogP contribution in [0, 0.1) is 6.92 Å². The first kappa shape index (κ1) is 19.1. The molecule has 0 saturated carbocycles. The van der Waals surface area contributed by atoms with Crippen molar-refractivity contribution in [2.24, 2.45) is 5.10 Å². The zero-order valence-corrected chi connectivity index (χ0v) is 15.7. The molecule has 28 heavy (non-hydrogen) atoms. The highest BCUT2D eigenvalue weighted by atomic mass is 32.1. The van der Waals surface area contributed by atoms with Crippen LogP contribution < -0.4 is 10.2 Å². The highest BCUT2D eigenvalue weighted by Gasteiger charge is 2.11. The minimum Gasteiger partial charge on any atom is -0.423 e. The quantitative estimate of drug-likeness (QED) is 0.229. The number of hydrogen-bond acceptors (Lipinski definition) is 7. The van der Waals surface area contributed by atoms with E-state index in [-0.39, 0.29) is 5.91 Å². The number of ether oxygens (including phenoxy) is 1. The molecule has 0 unspecified atom stereocenters. The number of rotatable bonds is 6. The van der Waals surface area contributed by atoms with Gasteiger partial charge in [0.25, 0.3) is 5.91 Å². The van der Waals surface area contributed by atoms with Gasteiger partial charge in [-0.25, -0.2) is 10.2 Å². The predicted octanol–water partition coefficient (Wildman–Crippen LogP) is 3.23. The van der Waals surface area contributed by atoms with Crippen molar-refractivity contribution < 1.29 is 14.3 Å². The van der Waals surface area contributed by atoms with Crippen LogP contribution >= 0.6 is 11.5 Å². The van der Waals surface area contributed by atoms with Gasteiger partial charge in [0.2, 0.25) is 0 Å². The number of amides is 1. The van der Waals surface area contributed by atoms with E-state index < -0.39 is 5.97 Å². The number of nitrogens with zero attached hydrogens (tertiary/aromatic N) is 3. The van der Waals surface area contributed by atoms with E-state index in [2.05, 4.69) is 20.1 Å². The van der Waals surface area contributed by atoms with E-state index in [0.717, 1.165) is 22.7 Å². The second-order valence-corrected chi connectivity index (χ2v) is 6.37. The number of hydrogen-bond donors (Lipinski definition) is 1. The van der Waals surface area contributed by atoms with Gasteiger partial charge in [-0.05, 0) is 59.9 Å². The summed E-state index contributed by atoms with van der Waals surface area (Å²) < 4.78 is 8.95. The van der Waals surface area contributed by atoms with E-state index in [9.17, 15) is 9.59 Å². The fourth-order valence-corrected chi connectivity index (χ4v) is 2.70. The van der Waals surface area contributed by atoms with E-state index in [1.807, 2.05) is 30.3 Å². The number of esters is 1. The lowest BCUT2D eigenvalue weighted by molar-refractivity contribution is -0.128. The van der Waals surface area contributed by atoms with E-state index in [4.69, 9.17) is 4.74 Å². The van der Waals surface area contributed by atoms with Gasteiger partial charge >= 0.3 is 5.97 Å². The van der Waals surface area contributed by atoms with Gasteiger partial charge in [0, 0.05) is 6.08 Å². The van der Waals surface area contributed by atoms with E-state index in [1.54, 1.807) is 37.3 Å². The van der Waals surface area contributed by atoms with Gasteiger partial charge in [0.15, 0.2) is 0 Å². The molecule has 1 heterocycles. The number of benzene rings is 2. The molecule has 0 aliphatic carbocycles. The first-order valence-electron chi connectivity index (χ1n) is 8.29. The van der Waals surface area contributed by atoms with Crippen molar-refractivity contribution in [3.63, 3.8) is 0 Å². The number of aryl methyl sites for hydroxylation is 1. The van der Waals surface area contributed by atoms with Crippen LogP contribution in [0.25, 0.3) is 6.08 Å². The molecule has 0 aliphatic rings. The Morgan fingerprint density at radius 3 is 2.50 bits per heavy atom. The third-order valence-electron chi connectivity index (χ3n) is 3.55. The van der Waals surface area contributed by atoms with Gasteiger partial charge in [-0.15, -0.1) is 5.10 Å². The zero-order chi connectivity index (χ0) is 19.8. The fraction of sp³-hybridized carbons (Fsp3) is 0.0500. The second-order valence-electron chi connectivity index (χ2n) is 5.62. The molecule has 0 spiro atoms. The molecule has 3 aromatic rings. The normalized spacial score (nSPS) is 11.0. The Morgan fingerprint density at radius 1 is 1.07 bits per heavy atom. The van der Waals surface area contributed by atoms with Gasteiger partial charge in [0.1, 0.15) is 10.6 Å². The topological polar surface area (TPSA) is 93.5 Å². The molecule has 0 radical (unpaired) electrons. The van der Waals surface area contributed by atoms with Crippen LogP contribution in [-0.2, 0) is 4.79 Å². The van der Waals surface area contributed by atoms with Gasteiger partial charge in [-0.2, -0.15) is 5.10 Å². The molecule has 8 heteroatoms. The lowest BCUT2D eigenvalue weighted by Gasteiger charge is -2.02. The van der Waals surface area contributed by atoms with Gasteiger partial charge in [-0.3, -0.25) is 4.79 Å². The summed E-state index contributed by atoms with van der Waals surface area (Å²) in [5, 5.41) is 7.68. The summed E-state index contributed by atoms with van der Waals surface area (Å²) >= 11 is 1.01. The minimum absolute atomic E-state index is 0.362. The molecule has 1 N–H and O–H groups in total. The maximum Gasteiger partial charge on any atom is 0.336 e. The Hall–Kier alpha value is -3.65. The van der Waals surface area contributed by atoms with Crippen molar-refractivity contribution in [1.29, 1.82) is 0 Å². The molecule has 0 aliphatic heterocycles. The minimum atomic E-state index is -0.467. The molecule has 0 fully saturated rings. The Balaban J connectivity index is 1.52. The molecule has 3 rings (SSSR count). The summed E-state index contributed by atoms with van der Waals surface area (Å²) in [5.74, 6) is -0.416. The molecule has 0 bridgehead atoms.